The first-order chi connectivity index (χ1) is 5.87. The molecule has 1 unspecified atom stereocenters. The summed E-state index contributed by atoms with van der Waals surface area (Å²) in [5.41, 5.74) is 0. The molecule has 11 heteroatoms. The molecule has 0 rings (SSSR count). The summed E-state index contributed by atoms with van der Waals surface area (Å²) < 4.78 is 27.3. The van der Waals surface area contributed by atoms with E-state index in [9.17, 15) is 9.13 Å². The van der Waals surface area contributed by atoms with Gasteiger partial charge < -0.3 is 20.0 Å². The minimum atomic E-state index is -4.65. The maximum absolute atomic E-state index is 10.0. The molecule has 0 aliphatic heterocycles. The number of hydrogen-bond donors (Lipinski definition) is 4. The maximum Gasteiger partial charge on any atom is 0.708 e. The Hall–Kier alpha value is 0.804. The molecule has 1 atom stereocenters. The molecule has 15 heavy (non-hydrogen) atoms. The van der Waals surface area contributed by atoms with Gasteiger partial charge in [0.15, 0.2) is 0 Å². The van der Waals surface area contributed by atoms with Crippen LogP contribution in [0.1, 0.15) is 7.43 Å². The summed E-state index contributed by atoms with van der Waals surface area (Å²) >= 11 is 0. The summed E-state index contributed by atoms with van der Waals surface area (Å²) in [7, 11) is -6.32. The van der Waals surface area contributed by atoms with Gasteiger partial charge in [-0.15, -0.1) is 4.52 Å². The van der Waals surface area contributed by atoms with Gasteiger partial charge in [-0.2, -0.15) is 0 Å². The minimum Gasteiger partial charge on any atom is -0.394 e. The first-order valence-electron chi connectivity index (χ1n) is 2.85. The Morgan fingerprint density at radius 3 is 1.67 bits per heavy atom. The smallest absolute Gasteiger partial charge is 0.394 e. The van der Waals surface area contributed by atoms with Crippen LogP contribution in [0.15, 0.2) is 0 Å². The van der Waals surface area contributed by atoms with Gasteiger partial charge in [0.25, 0.3) is 0 Å². The van der Waals surface area contributed by atoms with E-state index in [0.717, 1.165) is 7.11 Å². The van der Waals surface area contributed by atoms with Crippen molar-refractivity contribution in [1.29, 1.82) is 0 Å². The molecule has 0 aromatic carbocycles. The Bertz CT molecular complexity index is 179. The zero-order valence-corrected chi connectivity index (χ0v) is 10.6. The molecule has 8 nitrogen and oxygen atoms in total. The van der Waals surface area contributed by atoms with E-state index in [-0.39, 0.29) is 42.4 Å². The van der Waals surface area contributed by atoms with Crippen LogP contribution in [-0.4, -0.2) is 40.3 Å². The first kappa shape index (κ1) is 24.9. The number of phosphoric acid groups is 1. The van der Waals surface area contributed by atoms with Crippen LogP contribution < -0.4 is 0 Å². The third-order valence-electron chi connectivity index (χ3n) is 0.422. The van der Waals surface area contributed by atoms with E-state index in [1.807, 2.05) is 0 Å². The predicted molar refractivity (Wildman–Crippen MR) is 48.6 cm³/mol. The summed E-state index contributed by atoms with van der Waals surface area (Å²) in [6, 6.07) is 0. The average molecular weight is 301 g/mol. The summed E-state index contributed by atoms with van der Waals surface area (Å²) in [4.78, 5) is 15.9. The number of rotatable bonds is 4. The summed E-state index contributed by atoms with van der Waals surface area (Å²) in [5.74, 6) is 0. The molecule has 0 saturated carbocycles. The molecule has 0 aliphatic carbocycles. The normalized spacial score (nSPS) is 10.1. The van der Waals surface area contributed by atoms with Crippen LogP contribution in [0, 0.1) is 0 Å². The molecular weight excluding hydrogens is 286 g/mol. The first-order valence-corrected chi connectivity index (χ1v) is 5.48. The fourth-order valence-electron chi connectivity index (χ4n) is 0.120. The molecular formula is C4H15O8P2Ti+. The van der Waals surface area contributed by atoms with Crippen molar-refractivity contribution in [1.82, 2.24) is 0 Å². The summed E-state index contributed by atoms with van der Waals surface area (Å²) in [6.45, 7) is -0.250. The molecule has 0 aromatic rings. The van der Waals surface area contributed by atoms with Crippen LogP contribution in [0.3, 0.4) is 0 Å². The van der Waals surface area contributed by atoms with Crippen molar-refractivity contribution >= 4 is 16.1 Å². The van der Waals surface area contributed by atoms with Crippen molar-refractivity contribution in [3.05, 3.63) is 0 Å². The number of aliphatic hydroxyl groups is 2. The Morgan fingerprint density at radius 2 is 1.60 bits per heavy atom. The minimum absolute atomic E-state index is 0. The van der Waals surface area contributed by atoms with Gasteiger partial charge in [0, 0.05) is 26.3 Å². The molecule has 0 amide bonds. The van der Waals surface area contributed by atoms with Gasteiger partial charge in [-0.05, 0) is 4.31 Å². The van der Waals surface area contributed by atoms with E-state index in [0.29, 0.717) is 0 Å². The molecule has 0 aliphatic rings. The molecule has 4 N–H and O–H groups in total. The van der Waals surface area contributed by atoms with Crippen LogP contribution in [-0.2, 0) is 39.7 Å². The zero-order valence-electron chi connectivity index (χ0n) is 7.23. The van der Waals surface area contributed by atoms with E-state index in [1.165, 1.54) is 0 Å². The Balaban J connectivity index is -0.0000000883. The maximum atomic E-state index is 10.0. The molecule has 0 spiro atoms. The second-order valence-electron chi connectivity index (χ2n) is 1.43. The Kier molecular flexibility index (Phi) is 24.5. The molecule has 0 radical (unpaired) electrons. The van der Waals surface area contributed by atoms with Crippen LogP contribution in [0.4, 0.5) is 0 Å². The van der Waals surface area contributed by atoms with Crippen LogP contribution in [0.25, 0.3) is 0 Å². The second kappa shape index (κ2) is 14.8. The van der Waals surface area contributed by atoms with E-state index in [2.05, 4.69) is 8.83 Å². The second-order valence-corrected chi connectivity index (χ2v) is 3.87. The van der Waals surface area contributed by atoms with Gasteiger partial charge in [0.05, 0.1) is 20.3 Å². The number of aliphatic hydroxyl groups excluding tert-OH is 2. The van der Waals surface area contributed by atoms with E-state index in [1.54, 1.807) is 0 Å². The molecule has 92 valence electrons. The van der Waals surface area contributed by atoms with Crippen molar-refractivity contribution < 1.29 is 59.7 Å². The molecule has 0 bridgehead atoms. The van der Waals surface area contributed by atoms with Gasteiger partial charge in [-0.1, -0.05) is 7.43 Å². The van der Waals surface area contributed by atoms with Crippen molar-refractivity contribution in [2.75, 3.05) is 20.3 Å². The topological polar surface area (TPSA) is 134 Å². The fourth-order valence-corrected chi connectivity index (χ4v) is 1.08. The largest absolute Gasteiger partial charge is 0.708 e. The Morgan fingerprint density at radius 1 is 1.27 bits per heavy atom. The average Bonchev–Trinajstić information content (AvgIpc) is 2.02. The predicted octanol–water partition coefficient (Wildman–Crippen LogP) is 0.00410. The Labute approximate surface area is 104 Å². The molecule has 0 saturated heterocycles. The van der Waals surface area contributed by atoms with E-state index in [4.69, 9.17) is 20.0 Å². The quantitative estimate of drug-likeness (QED) is 0.421. The summed E-state index contributed by atoms with van der Waals surface area (Å²) in [6.07, 6.45) is 0. The number of hydrogen-bond acceptors (Lipinski definition) is 6. The monoisotopic (exact) mass is 301 g/mol. The van der Waals surface area contributed by atoms with Gasteiger partial charge >= 0.3 is 16.1 Å². The fraction of sp³-hybridized carbons (Fsp3) is 1.00. The van der Waals surface area contributed by atoms with E-state index < -0.39 is 16.1 Å². The van der Waals surface area contributed by atoms with Gasteiger partial charge in [-0.25, -0.2) is 4.57 Å². The van der Waals surface area contributed by atoms with Gasteiger partial charge in [-0.3, -0.25) is 0 Å². The van der Waals surface area contributed by atoms with Crippen LogP contribution >= 0.6 is 16.1 Å². The third-order valence-corrected chi connectivity index (χ3v) is 2.10. The standard InChI is InChI=1S/C2H6O2.CH4O6P2.CH4.Ti/c3-1-2-4;1-6-8(2)7-9(3,4)5;;/h3-4H,1-2H2;1H3,(H-,3,4,5);1H4;/p+1. The van der Waals surface area contributed by atoms with Gasteiger partial charge in [0.2, 0.25) is 0 Å². The molecule has 0 aromatic heterocycles. The molecule has 0 heterocycles. The van der Waals surface area contributed by atoms with Crippen molar-refractivity contribution in [3.8, 4) is 0 Å². The van der Waals surface area contributed by atoms with Gasteiger partial charge in [0.1, 0.15) is 0 Å². The van der Waals surface area contributed by atoms with Crippen LogP contribution in [0.5, 0.6) is 0 Å². The van der Waals surface area contributed by atoms with Crippen molar-refractivity contribution in [2.45, 2.75) is 7.43 Å². The SMILES string of the molecule is C.CO[P+](=O)OP(=O)(O)O.OCCO.[Ti]. The summed E-state index contributed by atoms with van der Waals surface area (Å²) in [5, 5.41) is 15.2. The van der Waals surface area contributed by atoms with Crippen molar-refractivity contribution in [3.63, 3.8) is 0 Å². The van der Waals surface area contributed by atoms with Crippen molar-refractivity contribution in [2.24, 2.45) is 0 Å². The van der Waals surface area contributed by atoms with E-state index >= 15 is 0 Å². The molecule has 0 fully saturated rings. The third kappa shape index (κ3) is 31.3. The van der Waals surface area contributed by atoms with Crippen LogP contribution in [0.2, 0.25) is 0 Å². The zero-order chi connectivity index (χ0) is 10.9.